The second-order valence-corrected chi connectivity index (χ2v) is 5.16. The molecule has 0 fully saturated rings. The minimum Gasteiger partial charge on any atom is -0.481 e. The van der Waals surface area contributed by atoms with Crippen molar-refractivity contribution in [2.45, 2.75) is 26.4 Å². The molecule has 1 N–H and O–H groups in total. The fraction of sp³-hybridized carbons (Fsp3) is 0.438. The third-order valence-corrected chi connectivity index (χ3v) is 3.74. The summed E-state index contributed by atoms with van der Waals surface area (Å²) in [5, 5.41) is 8.94. The minimum atomic E-state index is -1.13. The van der Waals surface area contributed by atoms with E-state index in [4.69, 9.17) is 9.84 Å². The average molecular weight is 320 g/mol. The molecule has 2 amide bonds. The zero-order chi connectivity index (χ0) is 17.0. The Morgan fingerprint density at radius 2 is 1.91 bits per heavy atom. The first-order chi connectivity index (χ1) is 11.0. The first-order valence-electron chi connectivity index (χ1n) is 7.54. The quantitative estimate of drug-likeness (QED) is 0.849. The molecule has 0 aliphatic carbocycles. The summed E-state index contributed by atoms with van der Waals surface area (Å²) in [5.41, 5.74) is 0.486. The maximum Gasteiger partial charge on any atom is 0.307 e. The molecule has 1 aliphatic rings. The summed E-state index contributed by atoms with van der Waals surface area (Å²) in [6, 6.07) is 6.81. The number of benzene rings is 1. The van der Waals surface area contributed by atoms with Crippen molar-refractivity contribution in [1.82, 2.24) is 4.90 Å². The van der Waals surface area contributed by atoms with E-state index in [-0.39, 0.29) is 12.5 Å². The molecule has 2 rings (SSSR count). The summed E-state index contributed by atoms with van der Waals surface area (Å²) >= 11 is 0. The Kier molecular flexibility index (Phi) is 5.20. The second-order valence-electron chi connectivity index (χ2n) is 5.16. The topological polar surface area (TPSA) is 87.2 Å². The van der Waals surface area contributed by atoms with E-state index in [1.165, 1.54) is 4.90 Å². The number of fused-ring (bicyclic) bond motifs is 1. The Bertz CT molecular complexity index is 612. The van der Waals surface area contributed by atoms with Crippen LogP contribution in [0.1, 0.15) is 20.3 Å². The number of carbonyl (C=O) groups is 3. The molecule has 7 heteroatoms. The number of likely N-dealkylation sites (N-methyl/N-ethyl adjacent to an activating group) is 1. The lowest BCUT2D eigenvalue weighted by Gasteiger charge is -2.34. The first kappa shape index (κ1) is 16.8. The van der Waals surface area contributed by atoms with Crippen LogP contribution in [-0.4, -0.2) is 53.5 Å². The number of para-hydroxylation sites is 2. The summed E-state index contributed by atoms with van der Waals surface area (Å²) in [5.74, 6) is -1.41. The number of nitrogens with zero attached hydrogens (tertiary/aromatic N) is 2. The number of hydrogen-bond acceptors (Lipinski definition) is 4. The van der Waals surface area contributed by atoms with Crippen LogP contribution in [0.2, 0.25) is 0 Å². The summed E-state index contributed by atoms with van der Waals surface area (Å²) in [6.45, 7) is 4.70. The third-order valence-electron chi connectivity index (χ3n) is 3.74. The third kappa shape index (κ3) is 3.61. The zero-order valence-electron chi connectivity index (χ0n) is 13.2. The number of anilines is 1. The van der Waals surface area contributed by atoms with Gasteiger partial charge in [-0.2, -0.15) is 0 Å². The highest BCUT2D eigenvalue weighted by atomic mass is 16.5. The van der Waals surface area contributed by atoms with Gasteiger partial charge in [-0.15, -0.1) is 0 Å². The van der Waals surface area contributed by atoms with Crippen LogP contribution < -0.4 is 9.64 Å². The molecule has 0 aromatic heterocycles. The van der Waals surface area contributed by atoms with Crippen molar-refractivity contribution in [2.24, 2.45) is 0 Å². The Labute approximate surface area is 134 Å². The average Bonchev–Trinajstić information content (AvgIpc) is 2.52. The van der Waals surface area contributed by atoms with Crippen LogP contribution in [0, 0.1) is 0 Å². The molecule has 1 heterocycles. The normalized spacial score (nSPS) is 16.5. The van der Waals surface area contributed by atoms with Gasteiger partial charge in [-0.3, -0.25) is 19.3 Å². The lowest BCUT2D eigenvalue weighted by Crippen LogP contribution is -2.51. The number of carboxylic acids is 1. The van der Waals surface area contributed by atoms with Crippen molar-refractivity contribution in [3.05, 3.63) is 24.3 Å². The predicted molar refractivity (Wildman–Crippen MR) is 83.4 cm³/mol. The van der Waals surface area contributed by atoms with E-state index in [2.05, 4.69) is 0 Å². The Hall–Kier alpha value is -2.57. The smallest absolute Gasteiger partial charge is 0.307 e. The molecule has 0 radical (unpaired) electrons. The van der Waals surface area contributed by atoms with Crippen molar-refractivity contribution in [3.63, 3.8) is 0 Å². The number of hydrogen-bond donors (Lipinski definition) is 1. The monoisotopic (exact) mass is 320 g/mol. The molecule has 1 atom stereocenters. The van der Waals surface area contributed by atoms with E-state index in [9.17, 15) is 14.4 Å². The fourth-order valence-electron chi connectivity index (χ4n) is 2.54. The van der Waals surface area contributed by atoms with E-state index < -0.39 is 24.4 Å². The number of carboxylic acid groups (broad SMARTS) is 1. The van der Waals surface area contributed by atoms with Gasteiger partial charge in [0.05, 0.1) is 12.1 Å². The highest BCUT2D eigenvalue weighted by Gasteiger charge is 2.37. The van der Waals surface area contributed by atoms with Gasteiger partial charge >= 0.3 is 5.97 Å². The van der Waals surface area contributed by atoms with E-state index in [0.29, 0.717) is 24.5 Å². The number of rotatable bonds is 6. The summed E-state index contributed by atoms with van der Waals surface area (Å²) < 4.78 is 5.48. The molecule has 0 spiro atoms. The van der Waals surface area contributed by atoms with Gasteiger partial charge in [-0.05, 0) is 26.0 Å². The Morgan fingerprint density at radius 3 is 2.52 bits per heavy atom. The molecule has 0 saturated heterocycles. The van der Waals surface area contributed by atoms with E-state index in [1.54, 1.807) is 29.2 Å². The van der Waals surface area contributed by atoms with Gasteiger partial charge in [0, 0.05) is 13.1 Å². The molecule has 1 aromatic carbocycles. The predicted octanol–water partition coefficient (Wildman–Crippen LogP) is 1.12. The molecule has 1 aliphatic heterocycles. The Morgan fingerprint density at radius 1 is 1.26 bits per heavy atom. The van der Waals surface area contributed by atoms with Crippen LogP contribution in [0.25, 0.3) is 0 Å². The molecule has 7 nitrogen and oxygen atoms in total. The lowest BCUT2D eigenvalue weighted by atomic mass is 10.1. The minimum absolute atomic E-state index is 0.128. The zero-order valence-corrected chi connectivity index (χ0v) is 13.2. The van der Waals surface area contributed by atoms with Crippen LogP contribution in [-0.2, 0) is 14.4 Å². The van der Waals surface area contributed by atoms with Crippen LogP contribution in [0.5, 0.6) is 5.75 Å². The van der Waals surface area contributed by atoms with Gasteiger partial charge in [0.2, 0.25) is 5.91 Å². The van der Waals surface area contributed by atoms with E-state index in [1.807, 2.05) is 13.8 Å². The number of carbonyl (C=O) groups excluding carboxylic acids is 2. The SMILES string of the molecule is CCN(CC)C(=O)CN1C(=O)C(CC(=O)O)Oc2ccccc21. The summed E-state index contributed by atoms with van der Waals surface area (Å²) in [6.07, 6.45) is -1.56. The molecule has 124 valence electrons. The number of aliphatic carboxylic acids is 1. The maximum absolute atomic E-state index is 12.5. The van der Waals surface area contributed by atoms with Crippen LogP contribution in [0.3, 0.4) is 0 Å². The molecule has 0 saturated carbocycles. The molecular weight excluding hydrogens is 300 g/mol. The van der Waals surface area contributed by atoms with Crippen LogP contribution >= 0.6 is 0 Å². The van der Waals surface area contributed by atoms with Gasteiger partial charge in [0.25, 0.3) is 5.91 Å². The molecule has 0 bridgehead atoms. The highest BCUT2D eigenvalue weighted by Crippen LogP contribution is 2.34. The van der Waals surface area contributed by atoms with Gasteiger partial charge in [0.15, 0.2) is 6.10 Å². The van der Waals surface area contributed by atoms with Crippen molar-refractivity contribution >= 4 is 23.5 Å². The molecule has 1 unspecified atom stereocenters. The van der Waals surface area contributed by atoms with Crippen molar-refractivity contribution in [1.29, 1.82) is 0 Å². The van der Waals surface area contributed by atoms with Crippen molar-refractivity contribution in [3.8, 4) is 5.75 Å². The molecule has 23 heavy (non-hydrogen) atoms. The number of amides is 2. The van der Waals surface area contributed by atoms with Gasteiger partial charge in [-0.1, -0.05) is 12.1 Å². The Balaban J connectivity index is 2.29. The first-order valence-corrected chi connectivity index (χ1v) is 7.54. The van der Waals surface area contributed by atoms with Crippen molar-refractivity contribution in [2.75, 3.05) is 24.5 Å². The lowest BCUT2D eigenvalue weighted by molar-refractivity contribution is -0.142. The van der Waals surface area contributed by atoms with Crippen LogP contribution in [0.15, 0.2) is 24.3 Å². The molecule has 1 aromatic rings. The maximum atomic E-state index is 12.5. The van der Waals surface area contributed by atoms with Gasteiger partial charge < -0.3 is 14.7 Å². The summed E-state index contributed by atoms with van der Waals surface area (Å²) in [4.78, 5) is 38.7. The highest BCUT2D eigenvalue weighted by molar-refractivity contribution is 6.04. The standard InChI is InChI=1S/C16H20N2O5/c1-3-17(4-2)14(19)10-18-11-7-5-6-8-12(11)23-13(16(18)22)9-15(20)21/h5-8,13H,3-4,9-10H2,1-2H3,(H,20,21). The van der Waals surface area contributed by atoms with E-state index >= 15 is 0 Å². The van der Waals surface area contributed by atoms with Crippen molar-refractivity contribution < 1.29 is 24.2 Å². The van der Waals surface area contributed by atoms with Gasteiger partial charge in [0.1, 0.15) is 12.3 Å². The van der Waals surface area contributed by atoms with Crippen LogP contribution in [0.4, 0.5) is 5.69 Å². The molecular formula is C16H20N2O5. The van der Waals surface area contributed by atoms with E-state index in [0.717, 1.165) is 0 Å². The largest absolute Gasteiger partial charge is 0.481 e. The fourth-order valence-corrected chi connectivity index (χ4v) is 2.54. The van der Waals surface area contributed by atoms with Gasteiger partial charge in [-0.25, -0.2) is 0 Å². The summed E-state index contributed by atoms with van der Waals surface area (Å²) in [7, 11) is 0. The second kappa shape index (κ2) is 7.13. The number of ether oxygens (including phenoxy) is 1.